The molecule has 0 spiro atoms. The van der Waals surface area contributed by atoms with Crippen molar-refractivity contribution < 1.29 is 46.8 Å². The van der Waals surface area contributed by atoms with E-state index in [-0.39, 0.29) is 60.2 Å². The van der Waals surface area contributed by atoms with Gasteiger partial charge in [-0.05, 0) is 130 Å². The Morgan fingerprint density at radius 1 is 0.662 bits per heavy atom. The Bertz CT molecular complexity index is 2510. The van der Waals surface area contributed by atoms with Gasteiger partial charge in [-0.25, -0.2) is 0 Å². The van der Waals surface area contributed by atoms with Gasteiger partial charge in [-0.15, -0.1) is 33.5 Å². The number of carbonyl (C=O) groups excluding carboxylic acids is 1. The molecular formula is C54H68FeN4O6. The summed E-state index contributed by atoms with van der Waals surface area (Å²) in [5.74, 6) is -1.80. The van der Waals surface area contributed by atoms with Crippen LogP contribution in [-0.2, 0) is 39.5 Å². The molecule has 348 valence electrons. The first kappa shape index (κ1) is 52.5. The summed E-state index contributed by atoms with van der Waals surface area (Å²) in [6, 6.07) is 0. The van der Waals surface area contributed by atoms with E-state index in [1.807, 2.05) is 26.0 Å². The van der Waals surface area contributed by atoms with Gasteiger partial charge in [-0.3, -0.25) is 14.4 Å². The predicted molar refractivity (Wildman–Crippen MR) is 257 cm³/mol. The van der Waals surface area contributed by atoms with E-state index in [1.54, 1.807) is 12.2 Å². The second-order valence-corrected chi connectivity index (χ2v) is 18.1. The zero-order valence-corrected chi connectivity index (χ0v) is 40.9. The van der Waals surface area contributed by atoms with Gasteiger partial charge in [0, 0.05) is 18.4 Å². The van der Waals surface area contributed by atoms with Crippen molar-refractivity contribution in [3.05, 3.63) is 130 Å². The molecule has 0 amide bonds. The number of allylic oxidation sites excluding steroid dienone is 10. The molecule has 65 heavy (non-hydrogen) atoms. The van der Waals surface area contributed by atoms with E-state index in [1.165, 1.54) is 22.3 Å². The second kappa shape index (κ2) is 24.4. The van der Waals surface area contributed by atoms with Crippen LogP contribution in [0.4, 0.5) is 0 Å². The molecule has 10 nitrogen and oxygen atoms in total. The van der Waals surface area contributed by atoms with E-state index in [4.69, 9.17) is 20.3 Å². The van der Waals surface area contributed by atoms with Crippen molar-refractivity contribution in [3.63, 3.8) is 0 Å². The topological polar surface area (TPSA) is 168 Å². The van der Waals surface area contributed by atoms with Crippen molar-refractivity contribution >= 4 is 42.5 Å². The number of carboxylic acid groups (broad SMARTS) is 2. The van der Waals surface area contributed by atoms with Crippen molar-refractivity contribution in [1.29, 1.82) is 0 Å². The number of hydrogen-bond donors (Lipinski definition) is 3. The molecule has 1 saturated heterocycles. The Morgan fingerprint density at radius 2 is 1.18 bits per heavy atom. The molecule has 2 aliphatic heterocycles. The van der Waals surface area contributed by atoms with E-state index in [0.29, 0.717) is 63.7 Å². The maximum atomic E-state index is 12.8. The van der Waals surface area contributed by atoms with Crippen LogP contribution in [0.15, 0.2) is 58.0 Å². The fraction of sp³-hybridized carbons (Fsp3) is 0.463. The van der Waals surface area contributed by atoms with Gasteiger partial charge in [0.25, 0.3) is 0 Å². The molecule has 3 aromatic heterocycles. The molecule has 3 atom stereocenters. The minimum atomic E-state index is -1.01. The van der Waals surface area contributed by atoms with Gasteiger partial charge in [-0.2, -0.15) is 11.4 Å². The van der Waals surface area contributed by atoms with E-state index < -0.39 is 18.0 Å². The number of rotatable bonds is 21. The van der Waals surface area contributed by atoms with E-state index in [9.17, 15) is 29.7 Å². The number of carboxylic acids is 2. The molecule has 0 saturated carbocycles. The summed E-state index contributed by atoms with van der Waals surface area (Å²) in [6.07, 6.45) is 24.8. The van der Waals surface area contributed by atoms with Crippen molar-refractivity contribution in [2.45, 2.75) is 152 Å². The summed E-state index contributed by atoms with van der Waals surface area (Å²) in [4.78, 5) is 51.3. The van der Waals surface area contributed by atoms with E-state index >= 15 is 0 Å². The van der Waals surface area contributed by atoms with Crippen LogP contribution in [0.2, 0.25) is 0 Å². The number of aromatic nitrogens is 3. The van der Waals surface area contributed by atoms with Gasteiger partial charge in [0.1, 0.15) is 6.29 Å². The summed E-state index contributed by atoms with van der Waals surface area (Å²) in [7, 11) is 0. The molecule has 2 aliphatic rings. The van der Waals surface area contributed by atoms with Crippen LogP contribution in [0, 0.1) is 25.7 Å². The van der Waals surface area contributed by atoms with Crippen LogP contribution in [-0.4, -0.2) is 33.5 Å². The fourth-order valence-electron chi connectivity index (χ4n) is 8.94. The van der Waals surface area contributed by atoms with Gasteiger partial charge in [-0.1, -0.05) is 113 Å². The average molecular weight is 925 g/mol. The molecule has 3 aromatic rings. The minimum absolute atomic E-state index is 0. The summed E-state index contributed by atoms with van der Waals surface area (Å²) in [5, 5.41) is 37.1. The van der Waals surface area contributed by atoms with Crippen LogP contribution in [0.25, 0.3) is 29.6 Å². The van der Waals surface area contributed by atoms with Crippen LogP contribution in [0.3, 0.4) is 0 Å². The second-order valence-electron chi connectivity index (χ2n) is 18.1. The smallest absolute Gasteiger partial charge is 0.664 e. The largest absolute Gasteiger partial charge is 4.00 e. The Kier molecular flexibility index (Phi) is 19.8. The average Bonchev–Trinajstić information content (AvgIpc) is 3.91. The number of aldehydes is 1. The standard InChI is InChI=1S/C54H70N4O6.Fe/c1-10-39-36(7)44-29-50-54(51(60)22-14-21-35(6)20-13-19-34(5)18-12-17-33(4)16-11-15-32(2)3)38(9)45(57-50)28-49-42(31-59)41(24-26-53(63)64)48(58-49)30-47-40(23-25-52(61)62)37(8)43(56-47)27-46(39)55-44;/h15,17,19,21,27-31,36,39,51,60H,10-14,16,18,20,22-26H2,1-9H3,(H4,55,56,59,61,62,63,64);/q-2;+4/p-2/b33-17+,34-19+,35-21+,44-29-,49-28-;/t36?,39-,51-;/m0./s1. The molecule has 0 aliphatic carbocycles. The van der Waals surface area contributed by atoms with Crippen molar-refractivity contribution in [2.24, 2.45) is 11.8 Å². The summed E-state index contributed by atoms with van der Waals surface area (Å²) < 4.78 is 0. The van der Waals surface area contributed by atoms with Crippen LogP contribution in [0.1, 0.15) is 186 Å². The predicted octanol–water partition coefficient (Wildman–Crippen LogP) is 10.4. The number of aliphatic hydroxyl groups is 1. The third-order valence-electron chi connectivity index (χ3n) is 12.8. The maximum Gasteiger partial charge on any atom is 4.00 e. The zero-order valence-electron chi connectivity index (χ0n) is 39.8. The fourth-order valence-corrected chi connectivity index (χ4v) is 8.94. The van der Waals surface area contributed by atoms with Crippen LogP contribution >= 0.6 is 0 Å². The van der Waals surface area contributed by atoms with E-state index in [2.05, 4.69) is 72.8 Å². The van der Waals surface area contributed by atoms with Crippen LogP contribution in [0.5, 0.6) is 0 Å². The number of carbonyl (C=O) groups is 3. The Morgan fingerprint density at radius 3 is 1.75 bits per heavy atom. The first-order valence-corrected chi connectivity index (χ1v) is 23.0. The summed E-state index contributed by atoms with van der Waals surface area (Å²) in [6.45, 7) is 19.0. The first-order chi connectivity index (χ1) is 30.5. The molecule has 0 radical (unpaired) electrons. The van der Waals surface area contributed by atoms with Gasteiger partial charge in [0.2, 0.25) is 0 Å². The van der Waals surface area contributed by atoms with Crippen molar-refractivity contribution in [2.75, 3.05) is 0 Å². The molecule has 11 heteroatoms. The Labute approximate surface area is 396 Å². The summed E-state index contributed by atoms with van der Waals surface area (Å²) >= 11 is 0. The zero-order chi connectivity index (χ0) is 46.7. The molecule has 1 fully saturated rings. The number of hydrogen-bond acceptors (Lipinski definition) is 4. The number of aliphatic carboxylic acids is 2. The third-order valence-corrected chi connectivity index (χ3v) is 12.8. The molecule has 3 N–H and O–H groups in total. The van der Waals surface area contributed by atoms with Crippen molar-refractivity contribution in [3.8, 4) is 0 Å². The van der Waals surface area contributed by atoms with Gasteiger partial charge in [0.15, 0.2) is 0 Å². The Hall–Kier alpha value is -5.09. The van der Waals surface area contributed by atoms with E-state index in [0.717, 1.165) is 73.0 Å². The molecule has 1 unspecified atom stereocenters. The first-order valence-electron chi connectivity index (χ1n) is 23.0. The quantitative estimate of drug-likeness (QED) is 0.0535. The summed E-state index contributed by atoms with van der Waals surface area (Å²) in [5.41, 5.74) is 13.4. The molecule has 5 rings (SSSR count). The minimum Gasteiger partial charge on any atom is -0.664 e. The third kappa shape index (κ3) is 14.0. The SMILES string of the molecule is CC[C@@H]1/C2=C/c3[n-]c(c(CCC(=O)O)c3C)/C=c3\[n-]/c(c(C=O)c3CCC(=O)O)=C\c3[n-]c(c([C@@H](O)CC/C=C(\C)CC/C=C(\C)CC/C=C(\C)CCC=C(C)C)c3C)/C=C(\[N-]2)C1C.[Fe+4]. The number of aliphatic hydroxyl groups excluding tert-OH is 1. The number of fused-ring (bicyclic) bond motifs is 8. The monoisotopic (exact) mass is 924 g/mol. The van der Waals surface area contributed by atoms with Gasteiger partial charge < -0.3 is 35.6 Å². The molecule has 0 aromatic carbocycles. The van der Waals surface area contributed by atoms with Crippen LogP contribution < -0.4 is 25.7 Å². The Balaban J connectivity index is 0.00000925. The van der Waals surface area contributed by atoms with Gasteiger partial charge in [0.05, 0.1) is 6.10 Å². The molecule has 5 heterocycles. The van der Waals surface area contributed by atoms with Crippen molar-refractivity contribution in [1.82, 2.24) is 15.0 Å². The number of nitrogens with zero attached hydrogens (tertiary/aromatic N) is 4. The normalized spacial score (nSPS) is 19.3. The maximum absolute atomic E-state index is 12.8. The molecular weight excluding hydrogens is 856 g/mol. The molecule has 8 bridgehead atoms. The van der Waals surface area contributed by atoms with Gasteiger partial charge >= 0.3 is 29.0 Å².